The average molecular weight is 412 g/mol. The van der Waals surface area contributed by atoms with E-state index in [1.165, 1.54) is 11.8 Å². The first kappa shape index (κ1) is 18.5. The van der Waals surface area contributed by atoms with Gasteiger partial charge in [0.05, 0.1) is 29.3 Å². The Labute approximate surface area is 169 Å². The van der Waals surface area contributed by atoms with Crippen molar-refractivity contribution in [2.24, 2.45) is 0 Å². The van der Waals surface area contributed by atoms with E-state index in [0.29, 0.717) is 11.7 Å². The number of aromatic nitrogens is 4. The van der Waals surface area contributed by atoms with Crippen LogP contribution >= 0.6 is 23.1 Å². The van der Waals surface area contributed by atoms with Crippen LogP contribution in [0.3, 0.4) is 0 Å². The number of nitrogens with one attached hydrogen (secondary N) is 1. The molecule has 9 heteroatoms. The van der Waals surface area contributed by atoms with Gasteiger partial charge in [-0.3, -0.25) is 4.79 Å². The summed E-state index contributed by atoms with van der Waals surface area (Å²) in [6.07, 6.45) is 3.25. The van der Waals surface area contributed by atoms with Gasteiger partial charge in [0.2, 0.25) is 5.91 Å². The van der Waals surface area contributed by atoms with Crippen molar-refractivity contribution in [1.82, 2.24) is 19.7 Å². The Balaban J connectivity index is 1.36. The van der Waals surface area contributed by atoms with Crippen LogP contribution in [0.15, 0.2) is 63.9 Å². The van der Waals surface area contributed by atoms with Crippen LogP contribution in [0.2, 0.25) is 0 Å². The molecule has 1 N–H and O–H groups in total. The van der Waals surface area contributed by atoms with Crippen LogP contribution in [0.1, 0.15) is 10.8 Å². The van der Waals surface area contributed by atoms with Crippen molar-refractivity contribution in [3.8, 4) is 11.3 Å². The van der Waals surface area contributed by atoms with Crippen LogP contribution in [-0.2, 0) is 11.3 Å². The monoisotopic (exact) mass is 411 g/mol. The Kier molecular flexibility index (Phi) is 5.54. The van der Waals surface area contributed by atoms with E-state index < -0.39 is 0 Å². The van der Waals surface area contributed by atoms with E-state index in [1.807, 2.05) is 53.3 Å². The van der Waals surface area contributed by atoms with Crippen LogP contribution < -0.4 is 5.32 Å². The van der Waals surface area contributed by atoms with Gasteiger partial charge in [0.25, 0.3) is 0 Å². The number of anilines is 1. The molecule has 3 aromatic heterocycles. The topological polar surface area (TPSA) is 85.8 Å². The smallest absolute Gasteiger partial charge is 0.234 e. The molecule has 0 spiro atoms. The number of benzene rings is 1. The second kappa shape index (κ2) is 8.41. The number of amides is 1. The van der Waals surface area contributed by atoms with Crippen molar-refractivity contribution < 1.29 is 9.21 Å². The third kappa shape index (κ3) is 4.49. The molecule has 4 rings (SSSR count). The molecule has 0 saturated carbocycles. The molecule has 0 aliphatic rings. The highest BCUT2D eigenvalue weighted by molar-refractivity contribution is 7.99. The van der Waals surface area contributed by atoms with Crippen molar-refractivity contribution in [3.05, 3.63) is 65.1 Å². The van der Waals surface area contributed by atoms with Gasteiger partial charge in [-0.05, 0) is 31.2 Å². The molecule has 7 nitrogen and oxygen atoms in total. The van der Waals surface area contributed by atoms with Gasteiger partial charge >= 0.3 is 0 Å². The molecular weight excluding hydrogens is 394 g/mol. The fraction of sp³-hybridized carbons (Fsp3) is 0.158. The predicted octanol–water partition coefficient (Wildman–Crippen LogP) is 4.08. The van der Waals surface area contributed by atoms with Crippen molar-refractivity contribution in [1.29, 1.82) is 0 Å². The summed E-state index contributed by atoms with van der Waals surface area (Å²) in [6.45, 7) is 2.50. The van der Waals surface area contributed by atoms with E-state index in [0.717, 1.165) is 27.7 Å². The summed E-state index contributed by atoms with van der Waals surface area (Å²) >= 11 is 2.94. The first-order chi connectivity index (χ1) is 13.7. The molecule has 1 amide bonds. The number of rotatable bonds is 7. The SMILES string of the molecule is Cc1nc(-c2cccc(NC(=O)CSc3nncn3Cc3ccco3)c2)cs1. The minimum atomic E-state index is -0.107. The molecule has 3 heterocycles. The number of carbonyl (C=O) groups excluding carboxylic acids is 1. The number of nitrogens with zero attached hydrogens (tertiary/aromatic N) is 4. The maximum absolute atomic E-state index is 12.4. The predicted molar refractivity (Wildman–Crippen MR) is 109 cm³/mol. The van der Waals surface area contributed by atoms with Gasteiger partial charge < -0.3 is 14.3 Å². The van der Waals surface area contributed by atoms with E-state index in [4.69, 9.17) is 4.42 Å². The number of thioether (sulfide) groups is 1. The van der Waals surface area contributed by atoms with Crippen LogP contribution in [-0.4, -0.2) is 31.4 Å². The molecule has 0 unspecified atom stereocenters. The zero-order valence-corrected chi connectivity index (χ0v) is 16.7. The first-order valence-corrected chi connectivity index (χ1v) is 10.4. The highest BCUT2D eigenvalue weighted by Crippen LogP contribution is 2.24. The number of hydrogen-bond donors (Lipinski definition) is 1. The standard InChI is InChI=1S/C19H17N5O2S2/c1-13-21-17(10-27-13)14-4-2-5-15(8-14)22-18(25)11-28-19-23-20-12-24(19)9-16-6-3-7-26-16/h2-8,10,12H,9,11H2,1H3,(H,22,25). The summed E-state index contributed by atoms with van der Waals surface area (Å²) in [4.78, 5) is 16.9. The molecule has 28 heavy (non-hydrogen) atoms. The van der Waals surface area contributed by atoms with E-state index in [-0.39, 0.29) is 11.7 Å². The molecule has 142 valence electrons. The summed E-state index contributed by atoms with van der Waals surface area (Å²) in [7, 11) is 0. The molecule has 4 aromatic rings. The van der Waals surface area contributed by atoms with Gasteiger partial charge in [0.1, 0.15) is 12.1 Å². The zero-order chi connectivity index (χ0) is 19.3. The lowest BCUT2D eigenvalue weighted by Crippen LogP contribution is -2.14. The van der Waals surface area contributed by atoms with E-state index >= 15 is 0 Å². The van der Waals surface area contributed by atoms with Crippen molar-refractivity contribution in [2.45, 2.75) is 18.6 Å². The molecule has 0 aliphatic carbocycles. The van der Waals surface area contributed by atoms with Crippen LogP contribution in [0.5, 0.6) is 0 Å². The van der Waals surface area contributed by atoms with E-state index in [1.54, 1.807) is 23.9 Å². The second-order valence-electron chi connectivity index (χ2n) is 5.99. The molecule has 0 fully saturated rings. The summed E-state index contributed by atoms with van der Waals surface area (Å²) < 4.78 is 7.20. The lowest BCUT2D eigenvalue weighted by molar-refractivity contribution is -0.113. The molecular formula is C19H17N5O2S2. The molecule has 0 aliphatic heterocycles. The van der Waals surface area contributed by atoms with Crippen LogP contribution in [0.25, 0.3) is 11.3 Å². The van der Waals surface area contributed by atoms with Gasteiger partial charge in [0.15, 0.2) is 5.16 Å². The summed E-state index contributed by atoms with van der Waals surface area (Å²) in [5.41, 5.74) is 2.64. The van der Waals surface area contributed by atoms with Gasteiger partial charge in [-0.1, -0.05) is 23.9 Å². The Morgan fingerprint density at radius 1 is 1.32 bits per heavy atom. The molecule has 1 aromatic carbocycles. The quantitative estimate of drug-likeness (QED) is 0.461. The highest BCUT2D eigenvalue weighted by Gasteiger charge is 2.11. The van der Waals surface area contributed by atoms with Crippen molar-refractivity contribution in [3.63, 3.8) is 0 Å². The van der Waals surface area contributed by atoms with E-state index in [9.17, 15) is 4.79 Å². The number of carbonyl (C=O) groups is 1. The minimum absolute atomic E-state index is 0.107. The molecule has 0 atom stereocenters. The number of aryl methyl sites for hydroxylation is 1. The van der Waals surface area contributed by atoms with Gasteiger partial charge in [-0.2, -0.15) is 0 Å². The number of thiazole rings is 1. The Hall–Kier alpha value is -2.91. The zero-order valence-electron chi connectivity index (χ0n) is 15.0. The summed E-state index contributed by atoms with van der Waals surface area (Å²) in [6, 6.07) is 11.4. The molecule has 0 bridgehead atoms. The molecule has 0 saturated heterocycles. The lowest BCUT2D eigenvalue weighted by atomic mass is 10.1. The average Bonchev–Trinajstić information content (AvgIpc) is 3.43. The van der Waals surface area contributed by atoms with Gasteiger partial charge in [0, 0.05) is 16.6 Å². The second-order valence-corrected chi connectivity index (χ2v) is 7.99. The summed E-state index contributed by atoms with van der Waals surface area (Å²) in [5.74, 6) is 0.931. The maximum Gasteiger partial charge on any atom is 0.234 e. The normalized spacial score (nSPS) is 10.9. The van der Waals surface area contributed by atoms with E-state index in [2.05, 4.69) is 20.5 Å². The van der Waals surface area contributed by atoms with Crippen LogP contribution in [0.4, 0.5) is 5.69 Å². The fourth-order valence-electron chi connectivity index (χ4n) is 2.61. The molecule has 0 radical (unpaired) electrons. The fourth-order valence-corrected chi connectivity index (χ4v) is 3.95. The Morgan fingerprint density at radius 3 is 3.04 bits per heavy atom. The van der Waals surface area contributed by atoms with Crippen LogP contribution in [0, 0.1) is 6.92 Å². The number of furan rings is 1. The largest absolute Gasteiger partial charge is 0.467 e. The van der Waals surface area contributed by atoms with Gasteiger partial charge in [-0.25, -0.2) is 4.98 Å². The Morgan fingerprint density at radius 2 is 2.25 bits per heavy atom. The Bertz CT molecular complexity index is 1070. The minimum Gasteiger partial charge on any atom is -0.467 e. The van der Waals surface area contributed by atoms with Gasteiger partial charge in [-0.15, -0.1) is 21.5 Å². The van der Waals surface area contributed by atoms with Crippen molar-refractivity contribution >= 4 is 34.7 Å². The highest BCUT2D eigenvalue weighted by atomic mass is 32.2. The number of hydrogen-bond acceptors (Lipinski definition) is 7. The third-order valence-corrected chi connectivity index (χ3v) is 5.63. The third-order valence-electron chi connectivity index (χ3n) is 3.88. The summed E-state index contributed by atoms with van der Waals surface area (Å²) in [5, 5.41) is 14.6. The van der Waals surface area contributed by atoms with Crippen molar-refractivity contribution in [2.75, 3.05) is 11.1 Å². The lowest BCUT2D eigenvalue weighted by Gasteiger charge is -2.07. The maximum atomic E-state index is 12.4. The first-order valence-electron chi connectivity index (χ1n) is 8.53.